The molecule has 0 spiro atoms. The molecular formula is C16H12F3N3O2. The molecule has 124 valence electrons. The molecule has 0 saturated carbocycles. The van der Waals surface area contributed by atoms with Gasteiger partial charge in [0.1, 0.15) is 0 Å². The van der Waals surface area contributed by atoms with Crippen molar-refractivity contribution in [3.8, 4) is 0 Å². The van der Waals surface area contributed by atoms with Crippen LogP contribution < -0.4 is 5.43 Å². The van der Waals surface area contributed by atoms with Crippen molar-refractivity contribution in [2.24, 2.45) is 5.10 Å². The number of hydrogen-bond donors (Lipinski definition) is 1. The Balaban J connectivity index is 2.08. The van der Waals surface area contributed by atoms with Gasteiger partial charge in [-0.15, -0.1) is 0 Å². The standard InChI is InChI=1S/C16H12F3N3O2/c17-16(18,19)13-8-2-3-9-14(13)21-20-11-5-7-12-6-1-4-10-15(12)22(23)24/h1-11,21H. The van der Waals surface area contributed by atoms with E-state index in [0.29, 0.717) is 5.56 Å². The molecule has 0 amide bonds. The molecule has 2 aromatic carbocycles. The first kappa shape index (κ1) is 17.2. The molecule has 2 aromatic rings. The number of para-hydroxylation sites is 2. The number of hydrogen-bond acceptors (Lipinski definition) is 4. The van der Waals surface area contributed by atoms with Gasteiger partial charge < -0.3 is 0 Å². The third kappa shape index (κ3) is 4.42. The lowest BCUT2D eigenvalue weighted by atomic mass is 10.1. The summed E-state index contributed by atoms with van der Waals surface area (Å²) in [5.74, 6) is 0. The van der Waals surface area contributed by atoms with Crippen LogP contribution in [-0.4, -0.2) is 11.1 Å². The number of nitro groups is 1. The van der Waals surface area contributed by atoms with E-state index in [2.05, 4.69) is 10.5 Å². The normalized spacial score (nSPS) is 12.0. The Kier molecular flexibility index (Phi) is 5.31. The summed E-state index contributed by atoms with van der Waals surface area (Å²) in [5.41, 5.74) is 1.59. The van der Waals surface area contributed by atoms with Crippen molar-refractivity contribution in [3.63, 3.8) is 0 Å². The maximum Gasteiger partial charge on any atom is 0.418 e. The lowest BCUT2D eigenvalue weighted by Gasteiger charge is -2.11. The third-order valence-electron chi connectivity index (χ3n) is 2.99. The van der Waals surface area contributed by atoms with Gasteiger partial charge in [0.25, 0.3) is 5.69 Å². The van der Waals surface area contributed by atoms with E-state index in [-0.39, 0.29) is 11.4 Å². The average molecular weight is 335 g/mol. The molecule has 0 radical (unpaired) electrons. The second-order valence-electron chi connectivity index (χ2n) is 4.61. The van der Waals surface area contributed by atoms with Crippen molar-refractivity contribution >= 4 is 23.7 Å². The van der Waals surface area contributed by atoms with Crippen LogP contribution in [0.3, 0.4) is 0 Å². The lowest BCUT2D eigenvalue weighted by Crippen LogP contribution is -2.08. The van der Waals surface area contributed by atoms with E-state index in [9.17, 15) is 23.3 Å². The number of benzene rings is 2. The van der Waals surface area contributed by atoms with Crippen LogP contribution in [0.2, 0.25) is 0 Å². The molecule has 0 fully saturated rings. The van der Waals surface area contributed by atoms with Crippen molar-refractivity contribution in [1.82, 2.24) is 0 Å². The number of hydrazone groups is 1. The molecule has 2 rings (SSSR count). The summed E-state index contributed by atoms with van der Waals surface area (Å²) in [4.78, 5) is 10.3. The number of nitro benzene ring substituents is 1. The molecular weight excluding hydrogens is 323 g/mol. The number of rotatable bonds is 5. The van der Waals surface area contributed by atoms with E-state index in [1.165, 1.54) is 42.6 Å². The Bertz CT molecular complexity index is 786. The predicted molar refractivity (Wildman–Crippen MR) is 85.7 cm³/mol. The smallest absolute Gasteiger partial charge is 0.278 e. The Labute approximate surface area is 135 Å². The van der Waals surface area contributed by atoms with Gasteiger partial charge in [0.2, 0.25) is 0 Å². The zero-order valence-corrected chi connectivity index (χ0v) is 12.2. The highest BCUT2D eigenvalue weighted by Crippen LogP contribution is 2.34. The number of alkyl halides is 3. The second kappa shape index (κ2) is 7.40. The zero-order chi connectivity index (χ0) is 17.6. The molecule has 24 heavy (non-hydrogen) atoms. The van der Waals surface area contributed by atoms with Crippen LogP contribution in [0, 0.1) is 10.1 Å². The quantitative estimate of drug-likeness (QED) is 0.488. The Morgan fingerprint density at radius 1 is 1.08 bits per heavy atom. The van der Waals surface area contributed by atoms with E-state index in [1.54, 1.807) is 18.2 Å². The number of nitrogens with one attached hydrogen (secondary N) is 1. The van der Waals surface area contributed by atoms with E-state index >= 15 is 0 Å². The molecule has 0 unspecified atom stereocenters. The first-order chi connectivity index (χ1) is 11.4. The SMILES string of the molecule is O=[N+]([O-])c1ccccc1C=CC=NNc1ccccc1C(F)(F)F. The van der Waals surface area contributed by atoms with E-state index in [0.717, 1.165) is 6.07 Å². The molecule has 5 nitrogen and oxygen atoms in total. The molecule has 8 heteroatoms. The summed E-state index contributed by atoms with van der Waals surface area (Å²) >= 11 is 0. The largest absolute Gasteiger partial charge is 0.418 e. The highest BCUT2D eigenvalue weighted by molar-refractivity contribution is 5.80. The fraction of sp³-hybridized carbons (Fsp3) is 0.0625. The highest BCUT2D eigenvalue weighted by atomic mass is 19.4. The average Bonchev–Trinajstić information content (AvgIpc) is 2.54. The van der Waals surface area contributed by atoms with Crippen LogP contribution in [0.5, 0.6) is 0 Å². The van der Waals surface area contributed by atoms with Gasteiger partial charge in [-0.2, -0.15) is 18.3 Å². The number of anilines is 1. The molecule has 0 bridgehead atoms. The summed E-state index contributed by atoms with van der Waals surface area (Å²) in [7, 11) is 0. The molecule has 0 aliphatic rings. The first-order valence-electron chi connectivity index (χ1n) is 6.75. The van der Waals surface area contributed by atoms with Gasteiger partial charge in [-0.05, 0) is 30.4 Å². The number of nitrogens with zero attached hydrogens (tertiary/aromatic N) is 2. The van der Waals surface area contributed by atoms with Gasteiger partial charge in [-0.25, -0.2) is 0 Å². The van der Waals surface area contributed by atoms with Crippen LogP contribution in [0.15, 0.2) is 59.7 Å². The Hall–Kier alpha value is -3.16. The second-order valence-corrected chi connectivity index (χ2v) is 4.61. The van der Waals surface area contributed by atoms with Gasteiger partial charge in [-0.1, -0.05) is 24.3 Å². The van der Waals surface area contributed by atoms with Gasteiger partial charge in [0, 0.05) is 12.3 Å². The van der Waals surface area contributed by atoms with E-state index < -0.39 is 16.7 Å². The zero-order valence-electron chi connectivity index (χ0n) is 12.2. The number of halogens is 3. The topological polar surface area (TPSA) is 67.5 Å². The summed E-state index contributed by atoms with van der Waals surface area (Å²) in [6.07, 6.45) is -0.437. The van der Waals surface area contributed by atoms with Crippen molar-refractivity contribution < 1.29 is 18.1 Å². The molecule has 0 atom stereocenters. The molecule has 0 aromatic heterocycles. The molecule has 0 aliphatic carbocycles. The highest BCUT2D eigenvalue weighted by Gasteiger charge is 2.33. The minimum atomic E-state index is -4.49. The van der Waals surface area contributed by atoms with Crippen molar-refractivity contribution in [2.75, 3.05) is 5.43 Å². The van der Waals surface area contributed by atoms with Gasteiger partial charge in [0.05, 0.1) is 21.7 Å². The molecule has 0 saturated heterocycles. The van der Waals surface area contributed by atoms with Gasteiger partial charge in [0.15, 0.2) is 0 Å². The minimum Gasteiger partial charge on any atom is -0.278 e. The third-order valence-corrected chi connectivity index (χ3v) is 2.99. The Morgan fingerprint density at radius 2 is 1.75 bits per heavy atom. The molecule has 0 aliphatic heterocycles. The van der Waals surface area contributed by atoms with Crippen molar-refractivity contribution in [1.29, 1.82) is 0 Å². The molecule has 0 heterocycles. The van der Waals surface area contributed by atoms with Crippen molar-refractivity contribution in [3.05, 3.63) is 75.8 Å². The monoisotopic (exact) mass is 335 g/mol. The maximum atomic E-state index is 12.8. The molecule has 1 N–H and O–H groups in total. The summed E-state index contributed by atoms with van der Waals surface area (Å²) in [6, 6.07) is 11.0. The minimum absolute atomic E-state index is 0.0717. The van der Waals surface area contributed by atoms with Gasteiger partial charge in [-0.3, -0.25) is 15.5 Å². The van der Waals surface area contributed by atoms with Crippen LogP contribution in [0.25, 0.3) is 6.08 Å². The van der Waals surface area contributed by atoms with Crippen LogP contribution >= 0.6 is 0 Å². The predicted octanol–water partition coefficient (Wildman–Crippen LogP) is 4.72. The van der Waals surface area contributed by atoms with Crippen LogP contribution in [-0.2, 0) is 6.18 Å². The lowest BCUT2D eigenvalue weighted by molar-refractivity contribution is -0.385. The fourth-order valence-electron chi connectivity index (χ4n) is 1.92. The number of allylic oxidation sites excluding steroid dienone is 1. The summed E-state index contributed by atoms with van der Waals surface area (Å²) in [6.45, 7) is 0. The summed E-state index contributed by atoms with van der Waals surface area (Å²) < 4.78 is 38.4. The fourth-order valence-corrected chi connectivity index (χ4v) is 1.92. The van der Waals surface area contributed by atoms with Crippen LogP contribution in [0.1, 0.15) is 11.1 Å². The van der Waals surface area contributed by atoms with Crippen molar-refractivity contribution in [2.45, 2.75) is 6.18 Å². The van der Waals surface area contributed by atoms with E-state index in [4.69, 9.17) is 0 Å². The summed E-state index contributed by atoms with van der Waals surface area (Å²) in [5, 5.41) is 14.5. The van der Waals surface area contributed by atoms with Crippen LogP contribution in [0.4, 0.5) is 24.5 Å². The van der Waals surface area contributed by atoms with Gasteiger partial charge >= 0.3 is 6.18 Å². The first-order valence-corrected chi connectivity index (χ1v) is 6.75. The van der Waals surface area contributed by atoms with E-state index in [1.807, 2.05) is 0 Å². The maximum absolute atomic E-state index is 12.8. The Morgan fingerprint density at radius 3 is 2.46 bits per heavy atom.